The van der Waals surface area contributed by atoms with Gasteiger partial charge in [0, 0.05) is 0 Å². The van der Waals surface area contributed by atoms with Gasteiger partial charge in [-0.1, -0.05) is 121 Å². The molecule has 5 aromatic rings. The van der Waals surface area contributed by atoms with Crippen LogP contribution in [0.2, 0.25) is 0 Å². The normalized spacial score (nSPS) is 10.8. The maximum Gasteiger partial charge on any atom is 0.0998 e. The molecule has 0 aromatic heterocycles. The summed E-state index contributed by atoms with van der Waals surface area (Å²) in [5, 5.41) is 20.3. The summed E-state index contributed by atoms with van der Waals surface area (Å²) in [6.07, 6.45) is 0. The Hall–Kier alpha value is -4.92. The van der Waals surface area contributed by atoms with Crippen LogP contribution in [0.3, 0.4) is 0 Å². The number of nitriles is 2. The predicted molar refractivity (Wildman–Crippen MR) is 140 cm³/mol. The second-order valence-corrected chi connectivity index (χ2v) is 8.38. The first-order valence-corrected chi connectivity index (χ1v) is 11.5. The van der Waals surface area contributed by atoms with Crippen molar-refractivity contribution in [1.29, 1.82) is 10.5 Å². The molecule has 0 spiro atoms. The van der Waals surface area contributed by atoms with Gasteiger partial charge >= 0.3 is 0 Å². The second-order valence-electron chi connectivity index (χ2n) is 8.38. The van der Waals surface area contributed by atoms with E-state index in [2.05, 4.69) is 48.5 Å². The Balaban J connectivity index is 1.98. The summed E-state index contributed by atoms with van der Waals surface area (Å²) in [4.78, 5) is 0. The minimum Gasteiger partial charge on any atom is -0.192 e. The smallest absolute Gasteiger partial charge is 0.0998 e. The zero-order chi connectivity index (χ0) is 24.1. The van der Waals surface area contributed by atoms with Gasteiger partial charge in [-0.3, -0.25) is 0 Å². The van der Waals surface area contributed by atoms with Crippen molar-refractivity contribution in [1.82, 2.24) is 0 Å². The summed E-state index contributed by atoms with van der Waals surface area (Å²) in [6, 6.07) is 49.3. The largest absolute Gasteiger partial charge is 0.192 e. The highest BCUT2D eigenvalue weighted by molar-refractivity contribution is 5.76. The minimum atomic E-state index is -0.758. The molecule has 164 valence electrons. The highest BCUT2D eigenvalue weighted by Crippen LogP contribution is 2.47. The third-order valence-corrected chi connectivity index (χ3v) is 6.51. The standard InChI is InChI=1S/C33H22N2/c34-23-26-21-27(24-35)32(22-31(26)25-13-5-1-6-14-25)33(28-15-7-2-8-16-28,29-17-9-3-10-18-29)30-19-11-4-12-20-30/h1-22H. The van der Waals surface area contributed by atoms with Crippen LogP contribution in [0.4, 0.5) is 0 Å². The van der Waals surface area contributed by atoms with Crippen molar-refractivity contribution < 1.29 is 0 Å². The lowest BCUT2D eigenvalue weighted by molar-refractivity contribution is 0.742. The van der Waals surface area contributed by atoms with E-state index in [1.54, 1.807) is 6.07 Å². The predicted octanol–water partition coefficient (Wildman–Crippen LogP) is 7.48. The van der Waals surface area contributed by atoms with E-state index in [-0.39, 0.29) is 0 Å². The van der Waals surface area contributed by atoms with Gasteiger partial charge in [0.15, 0.2) is 0 Å². The quantitative estimate of drug-likeness (QED) is 0.263. The molecule has 0 atom stereocenters. The number of hydrogen-bond acceptors (Lipinski definition) is 2. The number of benzene rings is 5. The van der Waals surface area contributed by atoms with E-state index in [1.165, 1.54) is 0 Å². The Kier molecular flexibility index (Phi) is 5.96. The molecule has 0 radical (unpaired) electrons. The maximum absolute atomic E-state index is 10.3. The monoisotopic (exact) mass is 446 g/mol. The van der Waals surface area contributed by atoms with Gasteiger partial charge in [-0.2, -0.15) is 10.5 Å². The molecule has 0 saturated carbocycles. The lowest BCUT2D eigenvalue weighted by atomic mass is 9.63. The Bertz CT molecular complexity index is 1430. The van der Waals surface area contributed by atoms with Gasteiger partial charge in [0.05, 0.1) is 28.7 Å². The zero-order valence-corrected chi connectivity index (χ0v) is 19.1. The molecule has 0 fully saturated rings. The first kappa shape index (κ1) is 21.9. The van der Waals surface area contributed by atoms with Crippen LogP contribution in [0.5, 0.6) is 0 Å². The third kappa shape index (κ3) is 3.78. The fourth-order valence-electron chi connectivity index (χ4n) is 4.98. The van der Waals surface area contributed by atoms with Gasteiger partial charge in [-0.15, -0.1) is 0 Å². The van der Waals surface area contributed by atoms with Crippen molar-refractivity contribution in [3.63, 3.8) is 0 Å². The van der Waals surface area contributed by atoms with Crippen LogP contribution in [0.1, 0.15) is 33.4 Å². The van der Waals surface area contributed by atoms with Crippen molar-refractivity contribution in [2.24, 2.45) is 0 Å². The van der Waals surface area contributed by atoms with Crippen LogP contribution in [0.15, 0.2) is 133 Å². The van der Waals surface area contributed by atoms with E-state index in [9.17, 15) is 10.5 Å². The van der Waals surface area contributed by atoms with E-state index >= 15 is 0 Å². The van der Waals surface area contributed by atoms with Gasteiger partial charge in [0.2, 0.25) is 0 Å². The van der Waals surface area contributed by atoms with Gasteiger partial charge in [-0.25, -0.2) is 0 Å². The summed E-state index contributed by atoms with van der Waals surface area (Å²) in [7, 11) is 0. The molecular weight excluding hydrogens is 424 g/mol. The Morgan fingerprint density at radius 1 is 0.457 bits per heavy atom. The summed E-state index contributed by atoms with van der Waals surface area (Å²) < 4.78 is 0. The molecular formula is C33H22N2. The van der Waals surface area contributed by atoms with E-state index in [0.717, 1.165) is 33.4 Å². The first-order valence-electron chi connectivity index (χ1n) is 11.5. The zero-order valence-electron chi connectivity index (χ0n) is 19.1. The molecule has 5 rings (SSSR count). The molecule has 0 aliphatic heterocycles. The Labute approximate surface area is 206 Å². The fraction of sp³-hybridized carbons (Fsp3) is 0.0303. The Morgan fingerprint density at radius 2 is 0.857 bits per heavy atom. The fourth-order valence-corrected chi connectivity index (χ4v) is 4.98. The van der Waals surface area contributed by atoms with Crippen LogP contribution >= 0.6 is 0 Å². The average Bonchev–Trinajstić information content (AvgIpc) is 2.95. The first-order chi connectivity index (χ1) is 17.3. The van der Waals surface area contributed by atoms with Gasteiger partial charge in [0.25, 0.3) is 0 Å². The topological polar surface area (TPSA) is 47.6 Å². The number of nitrogens with zero attached hydrogens (tertiary/aromatic N) is 2. The number of hydrogen-bond donors (Lipinski definition) is 0. The van der Waals surface area contributed by atoms with Crippen LogP contribution in [0, 0.1) is 22.7 Å². The van der Waals surface area contributed by atoms with E-state index in [4.69, 9.17) is 0 Å². The van der Waals surface area contributed by atoms with Crippen molar-refractivity contribution >= 4 is 0 Å². The lowest BCUT2D eigenvalue weighted by Gasteiger charge is -2.37. The second kappa shape index (κ2) is 9.52. The van der Waals surface area contributed by atoms with Gasteiger partial charge in [0.1, 0.15) is 0 Å². The Morgan fingerprint density at radius 3 is 1.26 bits per heavy atom. The van der Waals surface area contributed by atoms with Gasteiger partial charge in [-0.05, 0) is 45.5 Å². The summed E-state index contributed by atoms with van der Waals surface area (Å²) in [6.45, 7) is 0. The van der Waals surface area contributed by atoms with Crippen LogP contribution in [-0.2, 0) is 5.41 Å². The van der Waals surface area contributed by atoms with Crippen molar-refractivity contribution in [3.8, 4) is 23.3 Å². The molecule has 2 nitrogen and oxygen atoms in total. The molecule has 2 heteroatoms. The van der Waals surface area contributed by atoms with E-state index in [0.29, 0.717) is 11.1 Å². The van der Waals surface area contributed by atoms with Crippen LogP contribution < -0.4 is 0 Å². The van der Waals surface area contributed by atoms with E-state index in [1.807, 2.05) is 91.0 Å². The van der Waals surface area contributed by atoms with Gasteiger partial charge < -0.3 is 0 Å². The summed E-state index contributed by atoms with van der Waals surface area (Å²) >= 11 is 0. The molecule has 0 bridgehead atoms. The van der Waals surface area contributed by atoms with Crippen LogP contribution in [0.25, 0.3) is 11.1 Å². The molecule has 0 aliphatic rings. The molecule has 0 amide bonds. The van der Waals surface area contributed by atoms with Crippen molar-refractivity contribution in [2.45, 2.75) is 5.41 Å². The molecule has 0 saturated heterocycles. The molecule has 0 N–H and O–H groups in total. The molecule has 35 heavy (non-hydrogen) atoms. The average molecular weight is 447 g/mol. The summed E-state index contributed by atoms with van der Waals surface area (Å²) in [5.41, 5.74) is 5.98. The molecule has 5 aromatic carbocycles. The van der Waals surface area contributed by atoms with Crippen molar-refractivity contribution in [3.05, 3.63) is 167 Å². The third-order valence-electron chi connectivity index (χ3n) is 6.51. The molecule has 0 aliphatic carbocycles. The lowest BCUT2D eigenvalue weighted by Crippen LogP contribution is -2.32. The molecule has 0 heterocycles. The van der Waals surface area contributed by atoms with E-state index < -0.39 is 5.41 Å². The minimum absolute atomic E-state index is 0.484. The SMILES string of the molecule is N#Cc1cc(C#N)c(C(c2ccccc2)(c2ccccc2)c2ccccc2)cc1-c1ccccc1. The van der Waals surface area contributed by atoms with Crippen LogP contribution in [-0.4, -0.2) is 0 Å². The highest BCUT2D eigenvalue weighted by atomic mass is 14.4. The molecule has 0 unspecified atom stereocenters. The number of rotatable bonds is 5. The highest BCUT2D eigenvalue weighted by Gasteiger charge is 2.40. The summed E-state index contributed by atoms with van der Waals surface area (Å²) in [5.74, 6) is 0. The van der Waals surface area contributed by atoms with Crippen molar-refractivity contribution in [2.75, 3.05) is 0 Å². The maximum atomic E-state index is 10.3.